The molecule has 0 rings (SSSR count). The molecule has 0 saturated carbocycles. The maximum atomic E-state index is 12.5. The van der Waals surface area contributed by atoms with Crippen LogP contribution in [0.3, 0.4) is 0 Å². The van der Waals surface area contributed by atoms with Crippen LogP contribution in [0, 0.1) is 5.41 Å². The monoisotopic (exact) mass is 459 g/mol. The predicted octanol–water partition coefficient (Wildman–Crippen LogP) is 3.66. The molecule has 0 aromatic carbocycles. The molecule has 11 heteroatoms. The molecule has 32 heavy (non-hydrogen) atoms. The Labute approximate surface area is 191 Å². The summed E-state index contributed by atoms with van der Waals surface area (Å²) in [5, 5.41) is 12.9. The zero-order valence-electron chi connectivity index (χ0n) is 20.9. The van der Waals surface area contributed by atoms with E-state index < -0.39 is 47.2 Å². The van der Waals surface area contributed by atoms with E-state index in [0.717, 1.165) is 4.90 Å². The van der Waals surface area contributed by atoms with Gasteiger partial charge in [-0.2, -0.15) is 0 Å². The molecule has 0 aromatic rings. The number of nitrogens with two attached hydrogens (primary N) is 1. The van der Waals surface area contributed by atoms with E-state index in [1.54, 1.807) is 62.3 Å². The number of alkyl carbamates (subject to hydrolysis) is 2. The summed E-state index contributed by atoms with van der Waals surface area (Å²) in [4.78, 5) is 37.3. The fourth-order valence-electron chi connectivity index (χ4n) is 2.24. The zero-order chi connectivity index (χ0) is 25.3. The Morgan fingerprint density at radius 1 is 0.844 bits per heavy atom. The predicted molar refractivity (Wildman–Crippen MR) is 121 cm³/mol. The lowest BCUT2D eigenvalue weighted by Gasteiger charge is -2.28. The van der Waals surface area contributed by atoms with Crippen LogP contribution in [0.2, 0.25) is 0 Å². The van der Waals surface area contributed by atoms with Crippen molar-refractivity contribution >= 4 is 24.2 Å². The van der Waals surface area contributed by atoms with Crippen molar-refractivity contribution < 1.29 is 28.6 Å². The molecule has 0 aromatic heterocycles. The van der Waals surface area contributed by atoms with Gasteiger partial charge in [-0.1, -0.05) is 0 Å². The van der Waals surface area contributed by atoms with Gasteiger partial charge in [0.15, 0.2) is 0 Å². The lowest BCUT2D eigenvalue weighted by atomic mass is 10.2. The molecule has 0 unspecified atom stereocenters. The van der Waals surface area contributed by atoms with Crippen molar-refractivity contribution in [3.8, 4) is 0 Å². The summed E-state index contributed by atoms with van der Waals surface area (Å²) in [5.74, 6) is -0.454. The van der Waals surface area contributed by atoms with Crippen molar-refractivity contribution in [3.63, 3.8) is 0 Å². The molecule has 0 spiro atoms. The smallest absolute Gasteiger partial charge is 0.417 e. The van der Waals surface area contributed by atoms with Crippen LogP contribution in [0.4, 0.5) is 14.4 Å². The second-order valence-electron chi connectivity index (χ2n) is 10.4. The molecule has 3 amide bonds. The summed E-state index contributed by atoms with van der Waals surface area (Å²) >= 11 is 0. The summed E-state index contributed by atoms with van der Waals surface area (Å²) in [6.07, 6.45) is -1.44. The third-order valence-corrected chi connectivity index (χ3v) is 3.35. The first-order chi connectivity index (χ1) is 14.3. The number of rotatable bonds is 6. The van der Waals surface area contributed by atoms with Gasteiger partial charge >= 0.3 is 18.3 Å². The summed E-state index contributed by atoms with van der Waals surface area (Å²) in [6.45, 7) is 15.5. The van der Waals surface area contributed by atoms with Gasteiger partial charge in [0.25, 0.3) is 0 Å². The Bertz CT molecular complexity index is 661. The van der Waals surface area contributed by atoms with Gasteiger partial charge in [0.05, 0.1) is 6.17 Å². The molecule has 186 valence electrons. The Kier molecular flexibility index (Phi) is 10.9. The van der Waals surface area contributed by atoms with Gasteiger partial charge in [-0.15, -0.1) is 0 Å². The van der Waals surface area contributed by atoms with Crippen molar-refractivity contribution in [2.75, 3.05) is 6.54 Å². The minimum atomic E-state index is -0.848. The molecule has 1 atom stereocenters. The van der Waals surface area contributed by atoms with Crippen molar-refractivity contribution in [1.82, 2.24) is 15.5 Å². The number of carbonyl (C=O) groups is 3. The van der Waals surface area contributed by atoms with Crippen LogP contribution >= 0.6 is 0 Å². The second kappa shape index (κ2) is 11.9. The highest BCUT2D eigenvalue weighted by Crippen LogP contribution is 2.12. The number of hydrogen-bond donors (Lipinski definition) is 4. The van der Waals surface area contributed by atoms with Gasteiger partial charge in [-0.25, -0.2) is 19.3 Å². The maximum absolute atomic E-state index is 12.5. The van der Waals surface area contributed by atoms with E-state index in [-0.39, 0.29) is 6.54 Å². The zero-order valence-corrected chi connectivity index (χ0v) is 20.9. The highest BCUT2D eigenvalue weighted by molar-refractivity contribution is 5.99. The van der Waals surface area contributed by atoms with Crippen LogP contribution < -0.4 is 16.4 Å². The highest BCUT2D eigenvalue weighted by Gasteiger charge is 2.27. The first-order valence-electron chi connectivity index (χ1n) is 10.6. The van der Waals surface area contributed by atoms with Gasteiger partial charge < -0.3 is 25.3 Å². The normalized spacial score (nSPS) is 12.9. The van der Waals surface area contributed by atoms with Gasteiger partial charge in [0, 0.05) is 6.54 Å². The van der Waals surface area contributed by atoms with Gasteiger partial charge in [0.2, 0.25) is 5.96 Å². The Morgan fingerprint density at radius 3 is 1.78 bits per heavy atom. The number of amides is 3. The summed E-state index contributed by atoms with van der Waals surface area (Å²) in [5.41, 5.74) is 3.75. The molecule has 0 aliphatic rings. The number of guanidine groups is 1. The van der Waals surface area contributed by atoms with Crippen LogP contribution in [0.15, 0.2) is 0 Å². The van der Waals surface area contributed by atoms with E-state index >= 15 is 0 Å². The van der Waals surface area contributed by atoms with E-state index in [0.29, 0.717) is 19.3 Å². The molecule has 0 aliphatic heterocycles. The molecule has 0 saturated heterocycles. The van der Waals surface area contributed by atoms with Gasteiger partial charge in [-0.3, -0.25) is 10.7 Å². The average molecular weight is 460 g/mol. The maximum Gasteiger partial charge on any atom is 0.417 e. The summed E-state index contributed by atoms with van der Waals surface area (Å²) < 4.78 is 15.6. The minimum Gasteiger partial charge on any atom is -0.444 e. The number of hydrogen-bond acceptors (Lipinski definition) is 8. The Morgan fingerprint density at radius 2 is 1.31 bits per heavy atom. The number of unbranched alkanes of at least 4 members (excludes halogenated alkanes) is 1. The van der Waals surface area contributed by atoms with Crippen LogP contribution in [0.25, 0.3) is 0 Å². The molecular weight excluding hydrogens is 418 g/mol. The van der Waals surface area contributed by atoms with Crippen molar-refractivity contribution in [1.29, 1.82) is 5.41 Å². The third-order valence-electron chi connectivity index (χ3n) is 3.35. The molecule has 0 radical (unpaired) electrons. The quantitative estimate of drug-likeness (QED) is 0.155. The van der Waals surface area contributed by atoms with Crippen LogP contribution in [-0.2, 0) is 14.2 Å². The minimum absolute atomic E-state index is 0.0999. The SMILES string of the molecule is CC(C)(C)OC(=O)NC(=N)N(CCCC[C@@H](N)NC(=O)OC(C)(C)C)C(=O)OC(C)(C)C. The molecule has 5 N–H and O–H groups in total. The van der Waals surface area contributed by atoms with E-state index in [1.807, 2.05) is 0 Å². The molecule has 0 bridgehead atoms. The number of nitrogens with one attached hydrogen (secondary N) is 3. The summed E-state index contributed by atoms with van der Waals surface area (Å²) in [7, 11) is 0. The standard InChI is InChI=1S/C21H41N5O6/c1-19(2,3)30-16(27)24-14(22)12-10-11-13-26(18(29)32-21(7,8)9)15(23)25-17(28)31-20(4,5)6/h14H,10-13,22H2,1-9H3,(H,24,27)(H2,23,25,28)/t14-/m0/s1. The van der Waals surface area contributed by atoms with Crippen LogP contribution in [-0.4, -0.2) is 58.7 Å². The van der Waals surface area contributed by atoms with Crippen molar-refractivity contribution in [2.24, 2.45) is 5.73 Å². The van der Waals surface area contributed by atoms with Crippen molar-refractivity contribution in [2.45, 2.75) is 105 Å². The molecular formula is C21H41N5O6. The van der Waals surface area contributed by atoms with E-state index in [4.69, 9.17) is 25.4 Å². The third kappa shape index (κ3) is 15.3. The van der Waals surface area contributed by atoms with E-state index in [1.165, 1.54) is 0 Å². The summed E-state index contributed by atoms with van der Waals surface area (Å²) in [6, 6.07) is 0. The van der Waals surface area contributed by atoms with Crippen LogP contribution in [0.1, 0.15) is 81.6 Å². The Balaban J connectivity index is 4.84. The van der Waals surface area contributed by atoms with Gasteiger partial charge in [-0.05, 0) is 81.6 Å². The largest absolute Gasteiger partial charge is 0.444 e. The first-order valence-corrected chi connectivity index (χ1v) is 10.6. The Hall–Kier alpha value is -2.56. The second-order valence-corrected chi connectivity index (χ2v) is 10.4. The first kappa shape index (κ1) is 29.4. The molecule has 0 aliphatic carbocycles. The lowest BCUT2D eigenvalue weighted by molar-refractivity contribution is 0.0355. The average Bonchev–Trinajstić information content (AvgIpc) is 2.48. The van der Waals surface area contributed by atoms with Gasteiger partial charge in [0.1, 0.15) is 16.8 Å². The fourth-order valence-corrected chi connectivity index (χ4v) is 2.24. The number of carbonyl (C=O) groups excluding carboxylic acids is 3. The van der Waals surface area contributed by atoms with Crippen molar-refractivity contribution in [3.05, 3.63) is 0 Å². The fraction of sp³-hybridized carbons (Fsp3) is 0.810. The molecule has 0 heterocycles. The van der Waals surface area contributed by atoms with E-state index in [2.05, 4.69) is 10.6 Å². The number of ether oxygens (including phenoxy) is 3. The van der Waals surface area contributed by atoms with E-state index in [9.17, 15) is 14.4 Å². The molecule has 0 fully saturated rings. The number of nitrogens with zero attached hydrogens (tertiary/aromatic N) is 1. The molecule has 11 nitrogen and oxygen atoms in total. The van der Waals surface area contributed by atoms with Crippen LogP contribution in [0.5, 0.6) is 0 Å². The lowest BCUT2D eigenvalue weighted by Crippen LogP contribution is -2.49. The topological polar surface area (TPSA) is 156 Å². The highest BCUT2D eigenvalue weighted by atomic mass is 16.6.